The molecule has 220 valence electrons. The van der Waals surface area contributed by atoms with Gasteiger partial charge in [0, 0.05) is 49.3 Å². The molecule has 0 saturated carbocycles. The first-order valence-electron chi connectivity index (χ1n) is 13.1. The average molecular weight is 585 g/mol. The molecular formula is C28H28F4N8O2. The molecule has 10 nitrogen and oxygen atoms in total. The number of aromatic nitrogens is 5. The van der Waals surface area contributed by atoms with Gasteiger partial charge < -0.3 is 19.9 Å². The van der Waals surface area contributed by atoms with Gasteiger partial charge in [-0.2, -0.15) is 13.2 Å². The van der Waals surface area contributed by atoms with E-state index in [2.05, 4.69) is 25.4 Å². The molecule has 5 rings (SSSR count). The van der Waals surface area contributed by atoms with Crippen molar-refractivity contribution in [1.82, 2.24) is 29.6 Å². The Labute approximate surface area is 239 Å². The van der Waals surface area contributed by atoms with Gasteiger partial charge in [-0.25, -0.2) is 28.8 Å². The van der Waals surface area contributed by atoms with Crippen LogP contribution in [-0.4, -0.2) is 67.5 Å². The Bertz CT molecular complexity index is 1560. The summed E-state index contributed by atoms with van der Waals surface area (Å²) in [5, 5.41) is 6.51. The van der Waals surface area contributed by atoms with Gasteiger partial charge in [-0.05, 0) is 69.3 Å². The predicted octanol–water partition coefficient (Wildman–Crippen LogP) is 5.68. The zero-order chi connectivity index (χ0) is 30.1. The summed E-state index contributed by atoms with van der Waals surface area (Å²) in [6, 6.07) is 12.7. The van der Waals surface area contributed by atoms with Crippen LogP contribution in [0.5, 0.6) is 0 Å². The number of ether oxygens (including phenoxy) is 1. The second kappa shape index (κ2) is 11.3. The van der Waals surface area contributed by atoms with Crippen LogP contribution in [0.2, 0.25) is 0 Å². The number of carbonyl (C=O) groups is 1. The Balaban J connectivity index is 1.27. The van der Waals surface area contributed by atoms with E-state index in [0.717, 1.165) is 11.0 Å². The van der Waals surface area contributed by atoms with Crippen molar-refractivity contribution < 1.29 is 27.1 Å². The summed E-state index contributed by atoms with van der Waals surface area (Å²) in [4.78, 5) is 28.1. The van der Waals surface area contributed by atoms with Crippen molar-refractivity contribution in [2.75, 3.05) is 36.4 Å². The number of halogens is 4. The van der Waals surface area contributed by atoms with Crippen molar-refractivity contribution in [3.8, 4) is 16.9 Å². The third kappa shape index (κ3) is 6.93. The SMILES string of the molecule is CC(C)(C)OC(=O)N1CCN(c2cc(F)cc(-c3ccnc(Nc4ccc(-n5cnc(C(F)(F)F)n5)cc4)n3)c2)CC1. The first-order chi connectivity index (χ1) is 19.8. The highest BCUT2D eigenvalue weighted by atomic mass is 19.4. The van der Waals surface area contributed by atoms with E-state index in [4.69, 9.17) is 4.74 Å². The Kier molecular flexibility index (Phi) is 7.71. The molecule has 2 aromatic carbocycles. The Hall–Kier alpha value is -4.75. The van der Waals surface area contributed by atoms with Crippen molar-refractivity contribution in [2.24, 2.45) is 0 Å². The fourth-order valence-corrected chi connectivity index (χ4v) is 4.30. The summed E-state index contributed by atoms with van der Waals surface area (Å²) < 4.78 is 59.6. The molecule has 14 heteroatoms. The number of nitrogens with one attached hydrogen (secondary N) is 1. The lowest BCUT2D eigenvalue weighted by atomic mass is 10.1. The summed E-state index contributed by atoms with van der Waals surface area (Å²) in [5.74, 6) is -1.40. The quantitative estimate of drug-likeness (QED) is 0.299. The molecule has 1 aliphatic rings. The van der Waals surface area contributed by atoms with E-state index in [0.29, 0.717) is 54.5 Å². The van der Waals surface area contributed by atoms with Gasteiger partial charge in [-0.15, -0.1) is 5.10 Å². The monoisotopic (exact) mass is 584 g/mol. The van der Waals surface area contributed by atoms with Crippen LogP contribution in [0.15, 0.2) is 61.1 Å². The molecule has 0 unspecified atom stereocenters. The van der Waals surface area contributed by atoms with Crippen LogP contribution in [0.1, 0.15) is 26.6 Å². The molecule has 4 aromatic rings. The lowest BCUT2D eigenvalue weighted by Crippen LogP contribution is -2.50. The van der Waals surface area contributed by atoms with Crippen LogP contribution in [0, 0.1) is 5.82 Å². The van der Waals surface area contributed by atoms with Crippen molar-refractivity contribution in [2.45, 2.75) is 32.5 Å². The summed E-state index contributed by atoms with van der Waals surface area (Å²) in [5.41, 5.74) is 2.08. The Morgan fingerprint density at radius 1 is 0.929 bits per heavy atom. The molecule has 1 amide bonds. The predicted molar refractivity (Wildman–Crippen MR) is 147 cm³/mol. The molecule has 1 fully saturated rings. The molecule has 1 aliphatic heterocycles. The molecule has 0 bridgehead atoms. The molecule has 2 aromatic heterocycles. The maximum atomic E-state index is 14.7. The number of piperazine rings is 1. The highest BCUT2D eigenvalue weighted by Crippen LogP contribution is 2.28. The maximum absolute atomic E-state index is 14.7. The smallest absolute Gasteiger partial charge is 0.444 e. The van der Waals surface area contributed by atoms with Crippen molar-refractivity contribution in [3.05, 3.63) is 72.7 Å². The standard InChI is InChI=1S/C28H28F4N8O2/c1-27(2,3)42-26(41)39-12-10-38(11-13-39)22-15-18(14-19(29)16-22)23-8-9-33-25(36-23)35-20-4-6-21(7-5-20)40-17-34-24(37-40)28(30,31)32/h4-9,14-17H,10-13H2,1-3H3,(H,33,35,36). The van der Waals surface area contributed by atoms with Gasteiger partial charge in [0.2, 0.25) is 5.95 Å². The number of alkyl halides is 3. The zero-order valence-electron chi connectivity index (χ0n) is 23.1. The van der Waals surface area contributed by atoms with Gasteiger partial charge in [0.15, 0.2) is 0 Å². The molecule has 0 aliphatic carbocycles. The normalized spacial score (nSPS) is 14.2. The van der Waals surface area contributed by atoms with E-state index in [-0.39, 0.29) is 12.0 Å². The van der Waals surface area contributed by atoms with Crippen LogP contribution in [-0.2, 0) is 10.9 Å². The molecule has 0 radical (unpaired) electrons. The lowest BCUT2D eigenvalue weighted by molar-refractivity contribution is -0.144. The second-order valence-electron chi connectivity index (χ2n) is 10.6. The number of amides is 1. The van der Waals surface area contributed by atoms with E-state index in [1.165, 1.54) is 18.3 Å². The van der Waals surface area contributed by atoms with Gasteiger partial charge >= 0.3 is 12.3 Å². The minimum Gasteiger partial charge on any atom is -0.444 e. The van der Waals surface area contributed by atoms with Crippen molar-refractivity contribution in [3.63, 3.8) is 0 Å². The fourth-order valence-electron chi connectivity index (χ4n) is 4.30. The van der Waals surface area contributed by atoms with Crippen LogP contribution in [0.25, 0.3) is 16.9 Å². The maximum Gasteiger partial charge on any atom is 0.453 e. The number of nitrogens with zero attached hydrogens (tertiary/aromatic N) is 7. The summed E-state index contributed by atoms with van der Waals surface area (Å²) >= 11 is 0. The molecular weight excluding hydrogens is 556 g/mol. The zero-order valence-corrected chi connectivity index (χ0v) is 23.1. The minimum atomic E-state index is -4.63. The fraction of sp³-hybridized carbons (Fsp3) is 0.321. The first-order valence-corrected chi connectivity index (χ1v) is 13.1. The van der Waals surface area contributed by atoms with E-state index >= 15 is 0 Å². The van der Waals surface area contributed by atoms with Crippen LogP contribution in [0.3, 0.4) is 0 Å². The molecule has 0 atom stereocenters. The van der Waals surface area contributed by atoms with Crippen LogP contribution >= 0.6 is 0 Å². The Morgan fingerprint density at radius 2 is 1.64 bits per heavy atom. The molecule has 1 saturated heterocycles. The molecule has 0 spiro atoms. The third-order valence-corrected chi connectivity index (χ3v) is 6.26. The number of hydrogen-bond acceptors (Lipinski definition) is 8. The van der Waals surface area contributed by atoms with Crippen molar-refractivity contribution >= 4 is 23.4 Å². The summed E-state index contributed by atoms with van der Waals surface area (Å²) in [6.45, 7) is 7.38. The number of benzene rings is 2. The van der Waals surface area contributed by atoms with E-state index in [1.807, 2.05) is 31.7 Å². The highest BCUT2D eigenvalue weighted by Gasteiger charge is 2.36. The Morgan fingerprint density at radius 3 is 2.29 bits per heavy atom. The minimum absolute atomic E-state index is 0.247. The topological polar surface area (TPSA) is 101 Å². The molecule has 3 heterocycles. The van der Waals surface area contributed by atoms with E-state index < -0.39 is 23.4 Å². The second-order valence-corrected chi connectivity index (χ2v) is 10.6. The highest BCUT2D eigenvalue weighted by molar-refractivity contribution is 5.70. The van der Waals surface area contributed by atoms with Gasteiger partial charge in [0.05, 0.1) is 11.4 Å². The van der Waals surface area contributed by atoms with Gasteiger partial charge in [-0.1, -0.05) is 0 Å². The first kappa shape index (κ1) is 28.8. The largest absolute Gasteiger partial charge is 0.453 e. The van der Waals surface area contributed by atoms with Crippen LogP contribution in [0.4, 0.5) is 39.7 Å². The molecule has 42 heavy (non-hydrogen) atoms. The molecule has 1 N–H and O–H groups in total. The third-order valence-electron chi connectivity index (χ3n) is 6.26. The van der Waals surface area contributed by atoms with Gasteiger partial charge in [-0.3, -0.25) is 0 Å². The lowest BCUT2D eigenvalue weighted by Gasteiger charge is -2.36. The number of hydrogen-bond donors (Lipinski definition) is 1. The average Bonchev–Trinajstić information content (AvgIpc) is 3.44. The number of carbonyl (C=O) groups excluding carboxylic acids is 1. The van der Waals surface area contributed by atoms with E-state index in [1.54, 1.807) is 35.2 Å². The summed E-state index contributed by atoms with van der Waals surface area (Å²) in [7, 11) is 0. The van der Waals surface area contributed by atoms with E-state index in [9.17, 15) is 22.4 Å². The number of anilines is 3. The summed E-state index contributed by atoms with van der Waals surface area (Å²) in [6.07, 6.45) is -2.47. The van der Waals surface area contributed by atoms with Crippen LogP contribution < -0.4 is 10.2 Å². The van der Waals surface area contributed by atoms with Gasteiger partial charge in [0.25, 0.3) is 5.82 Å². The number of rotatable bonds is 5. The van der Waals surface area contributed by atoms with Gasteiger partial charge in [0.1, 0.15) is 17.7 Å². The van der Waals surface area contributed by atoms with Crippen molar-refractivity contribution in [1.29, 1.82) is 0 Å².